The summed E-state index contributed by atoms with van der Waals surface area (Å²) in [5.74, 6) is 0.245. The van der Waals surface area contributed by atoms with Gasteiger partial charge in [-0.05, 0) is 11.6 Å². The van der Waals surface area contributed by atoms with E-state index in [1.54, 1.807) is 0 Å². The van der Waals surface area contributed by atoms with Crippen LogP contribution in [0, 0.1) is 0 Å². The summed E-state index contributed by atoms with van der Waals surface area (Å²) in [4.78, 5) is 1.44. The van der Waals surface area contributed by atoms with Crippen molar-refractivity contribution in [3.8, 4) is 0 Å². The zero-order chi connectivity index (χ0) is 10.6. The van der Waals surface area contributed by atoms with Crippen molar-refractivity contribution >= 4 is 19.7 Å². The molecule has 0 fully saturated rings. The molecule has 0 unspecified atom stereocenters. The highest BCUT2D eigenvalue weighted by Gasteiger charge is 2.09. The number of halogens is 1. The first-order valence-electron chi connectivity index (χ1n) is 4.20. The van der Waals surface area contributed by atoms with Crippen molar-refractivity contribution in [3.63, 3.8) is 0 Å². The molecule has 1 aromatic heterocycles. The van der Waals surface area contributed by atoms with Crippen LogP contribution in [-0.4, -0.2) is 34.4 Å². The highest BCUT2D eigenvalue weighted by atomic mass is 35.7. The fourth-order valence-electron chi connectivity index (χ4n) is 0.884. The molecule has 6 nitrogen and oxygen atoms in total. The zero-order valence-electron chi connectivity index (χ0n) is 7.72. The monoisotopic (exact) mass is 238 g/mol. The van der Waals surface area contributed by atoms with Crippen molar-refractivity contribution in [1.82, 2.24) is 20.2 Å². The molecule has 0 N–H and O–H groups in total. The second-order valence-electron chi connectivity index (χ2n) is 2.79. The largest absolute Gasteiger partial charge is 0.233 e. The lowest BCUT2D eigenvalue weighted by molar-refractivity contribution is 0.513. The molecular formula is C6H11ClN4O2S. The molecule has 0 bridgehead atoms. The average Bonchev–Trinajstić information content (AvgIpc) is 2.49. The number of nitrogens with zero attached hydrogens (tertiary/aromatic N) is 4. The summed E-state index contributed by atoms with van der Waals surface area (Å²) in [5.41, 5.74) is 0. The van der Waals surface area contributed by atoms with E-state index in [4.69, 9.17) is 10.7 Å². The summed E-state index contributed by atoms with van der Waals surface area (Å²) in [6.45, 7) is 2.67. The Morgan fingerprint density at radius 3 is 2.79 bits per heavy atom. The van der Waals surface area contributed by atoms with Gasteiger partial charge in [-0.25, -0.2) is 8.42 Å². The van der Waals surface area contributed by atoms with E-state index in [9.17, 15) is 8.42 Å². The minimum absolute atomic E-state index is 0.160. The summed E-state index contributed by atoms with van der Waals surface area (Å²) in [7, 11) is 1.57. The maximum Gasteiger partial charge on any atom is 0.233 e. The van der Waals surface area contributed by atoms with Crippen molar-refractivity contribution < 1.29 is 8.42 Å². The molecule has 0 atom stereocenters. The van der Waals surface area contributed by atoms with Crippen molar-refractivity contribution in [2.24, 2.45) is 0 Å². The summed E-state index contributed by atoms with van der Waals surface area (Å²) in [6, 6.07) is 0. The number of hydrogen-bond acceptors (Lipinski definition) is 5. The van der Waals surface area contributed by atoms with E-state index < -0.39 is 9.05 Å². The van der Waals surface area contributed by atoms with Gasteiger partial charge in [0.15, 0.2) is 5.82 Å². The molecule has 14 heavy (non-hydrogen) atoms. The lowest BCUT2D eigenvalue weighted by atomic mass is 10.5. The predicted octanol–water partition coefficient (Wildman–Crippen LogP) is 0.194. The van der Waals surface area contributed by atoms with E-state index in [0.717, 1.165) is 6.42 Å². The number of tetrazole rings is 1. The fourth-order valence-corrected chi connectivity index (χ4v) is 1.54. The molecule has 0 amide bonds. The number of rotatable bonds is 5. The highest BCUT2D eigenvalue weighted by Crippen LogP contribution is 1.99. The van der Waals surface area contributed by atoms with Crippen LogP contribution in [0.5, 0.6) is 0 Å². The molecular weight excluding hydrogens is 228 g/mol. The van der Waals surface area contributed by atoms with Crippen LogP contribution in [0.4, 0.5) is 0 Å². The Balaban J connectivity index is 2.52. The molecule has 0 aromatic carbocycles. The Kier molecular flexibility index (Phi) is 3.82. The van der Waals surface area contributed by atoms with E-state index in [1.165, 1.54) is 4.80 Å². The number of hydrogen-bond donors (Lipinski definition) is 0. The van der Waals surface area contributed by atoms with Crippen LogP contribution in [0.25, 0.3) is 0 Å². The molecule has 80 valence electrons. The lowest BCUT2D eigenvalue weighted by Crippen LogP contribution is -2.04. The predicted molar refractivity (Wildman–Crippen MR) is 51.5 cm³/mol. The first kappa shape index (κ1) is 11.4. The minimum Gasteiger partial charge on any atom is -0.212 e. The molecule has 0 spiro atoms. The first-order valence-corrected chi connectivity index (χ1v) is 6.68. The Hall–Kier alpha value is -0.690. The van der Waals surface area contributed by atoms with E-state index in [0.29, 0.717) is 12.4 Å². The zero-order valence-corrected chi connectivity index (χ0v) is 9.29. The smallest absolute Gasteiger partial charge is 0.212 e. The quantitative estimate of drug-likeness (QED) is 0.685. The molecule has 1 rings (SSSR count). The van der Waals surface area contributed by atoms with Gasteiger partial charge in [-0.2, -0.15) is 4.80 Å². The van der Waals surface area contributed by atoms with Crippen molar-refractivity contribution in [2.45, 2.75) is 26.3 Å². The van der Waals surface area contributed by atoms with Gasteiger partial charge < -0.3 is 0 Å². The van der Waals surface area contributed by atoms with Gasteiger partial charge in [-0.15, -0.1) is 10.2 Å². The molecule has 0 aliphatic carbocycles. The van der Waals surface area contributed by atoms with Crippen LogP contribution < -0.4 is 0 Å². The maximum atomic E-state index is 10.6. The second kappa shape index (κ2) is 4.70. The molecule has 1 heterocycles. The van der Waals surface area contributed by atoms with Gasteiger partial charge in [0.05, 0.1) is 12.3 Å². The fraction of sp³-hybridized carbons (Fsp3) is 0.833. The SMILES string of the molecule is CCCn1nnc(CCS(=O)(=O)Cl)n1. The molecule has 8 heteroatoms. The molecule has 1 aromatic rings. The molecule has 0 saturated carbocycles. The van der Waals surface area contributed by atoms with Gasteiger partial charge in [0, 0.05) is 17.1 Å². The summed E-state index contributed by atoms with van der Waals surface area (Å²) in [6.07, 6.45) is 1.11. The average molecular weight is 239 g/mol. The molecule has 0 radical (unpaired) electrons. The van der Waals surface area contributed by atoms with Crippen LogP contribution in [-0.2, 0) is 22.0 Å². The van der Waals surface area contributed by atoms with Crippen LogP contribution in [0.3, 0.4) is 0 Å². The Morgan fingerprint density at radius 2 is 2.21 bits per heavy atom. The van der Waals surface area contributed by atoms with Crippen LogP contribution in [0.2, 0.25) is 0 Å². The third-order valence-electron chi connectivity index (χ3n) is 1.49. The Labute approximate surface area is 86.7 Å². The third-order valence-corrected chi connectivity index (χ3v) is 2.64. The van der Waals surface area contributed by atoms with Gasteiger partial charge in [-0.3, -0.25) is 0 Å². The number of aryl methyl sites for hydroxylation is 2. The van der Waals surface area contributed by atoms with Gasteiger partial charge in [-0.1, -0.05) is 6.92 Å². The maximum absolute atomic E-state index is 10.6. The molecule has 0 aliphatic rings. The molecule has 0 saturated heterocycles. The molecule has 0 aliphatic heterocycles. The van der Waals surface area contributed by atoms with Crippen LogP contribution in [0.1, 0.15) is 19.2 Å². The van der Waals surface area contributed by atoms with Gasteiger partial charge >= 0.3 is 0 Å². The summed E-state index contributed by atoms with van der Waals surface area (Å²) in [5, 5.41) is 11.4. The third kappa shape index (κ3) is 4.01. The van der Waals surface area contributed by atoms with Gasteiger partial charge in [0.2, 0.25) is 9.05 Å². The summed E-state index contributed by atoms with van der Waals surface area (Å²) >= 11 is 0. The van der Waals surface area contributed by atoms with Crippen LogP contribution >= 0.6 is 10.7 Å². The summed E-state index contributed by atoms with van der Waals surface area (Å²) < 4.78 is 21.2. The normalized spacial score (nSPS) is 11.9. The Morgan fingerprint density at radius 1 is 1.50 bits per heavy atom. The highest BCUT2D eigenvalue weighted by molar-refractivity contribution is 8.13. The topological polar surface area (TPSA) is 77.7 Å². The van der Waals surface area contributed by atoms with Crippen molar-refractivity contribution in [2.75, 3.05) is 5.75 Å². The van der Waals surface area contributed by atoms with E-state index in [1.807, 2.05) is 6.92 Å². The first-order chi connectivity index (χ1) is 6.51. The standard InChI is InChI=1S/C6H11ClN4O2S/c1-2-4-11-9-6(8-10-11)3-5-14(7,12)13/h2-5H2,1H3. The Bertz CT molecular complexity index is 388. The van der Waals surface area contributed by atoms with Crippen molar-refractivity contribution in [1.29, 1.82) is 0 Å². The lowest BCUT2D eigenvalue weighted by Gasteiger charge is -1.92. The second-order valence-corrected chi connectivity index (χ2v) is 5.69. The van der Waals surface area contributed by atoms with Crippen molar-refractivity contribution in [3.05, 3.63) is 5.82 Å². The van der Waals surface area contributed by atoms with E-state index >= 15 is 0 Å². The minimum atomic E-state index is -3.47. The van der Waals surface area contributed by atoms with E-state index in [-0.39, 0.29) is 12.2 Å². The van der Waals surface area contributed by atoms with Crippen LogP contribution in [0.15, 0.2) is 0 Å². The number of aromatic nitrogens is 4. The van der Waals surface area contributed by atoms with Gasteiger partial charge in [0.25, 0.3) is 0 Å². The van der Waals surface area contributed by atoms with Gasteiger partial charge in [0.1, 0.15) is 0 Å². The van der Waals surface area contributed by atoms with E-state index in [2.05, 4.69) is 15.4 Å².